The number of aryl methyl sites for hydroxylation is 1. The van der Waals surface area contributed by atoms with Crippen molar-refractivity contribution >= 4 is 15.7 Å². The molecule has 1 heterocycles. The van der Waals surface area contributed by atoms with Crippen molar-refractivity contribution in [1.29, 1.82) is 0 Å². The highest BCUT2D eigenvalue weighted by Gasteiger charge is 2.28. The van der Waals surface area contributed by atoms with Gasteiger partial charge >= 0.3 is 0 Å². The number of hydrogen-bond donors (Lipinski definition) is 1. The fourth-order valence-electron chi connectivity index (χ4n) is 2.91. The molecule has 5 nitrogen and oxygen atoms in total. The van der Waals surface area contributed by atoms with E-state index in [1.165, 1.54) is 0 Å². The zero-order chi connectivity index (χ0) is 18.9. The van der Waals surface area contributed by atoms with E-state index >= 15 is 0 Å². The Hall–Kier alpha value is -2.21. The second-order valence-electron chi connectivity index (χ2n) is 7.40. The van der Waals surface area contributed by atoms with Crippen molar-refractivity contribution in [3.8, 4) is 11.5 Å². The largest absolute Gasteiger partial charge is 0.489 e. The molecule has 140 valence electrons. The zero-order valence-electron chi connectivity index (χ0n) is 15.6. The summed E-state index contributed by atoms with van der Waals surface area (Å²) in [6.45, 7) is 7.87. The number of fused-ring (bicyclic) bond motifs is 1. The van der Waals surface area contributed by atoms with Crippen LogP contribution in [0.4, 0.5) is 5.69 Å². The molecule has 2 aromatic carbocycles. The fraction of sp³-hybridized carbons (Fsp3) is 0.400. The van der Waals surface area contributed by atoms with E-state index in [-0.39, 0.29) is 16.6 Å². The van der Waals surface area contributed by atoms with Gasteiger partial charge in [-0.05, 0) is 76.4 Å². The number of para-hydroxylation sites is 2. The van der Waals surface area contributed by atoms with Crippen molar-refractivity contribution in [2.75, 3.05) is 4.72 Å². The van der Waals surface area contributed by atoms with Crippen molar-refractivity contribution < 1.29 is 17.9 Å². The molecule has 1 N–H and O–H groups in total. The minimum atomic E-state index is -3.72. The minimum absolute atomic E-state index is 0.0510. The Morgan fingerprint density at radius 2 is 1.88 bits per heavy atom. The van der Waals surface area contributed by atoms with Gasteiger partial charge in [-0.3, -0.25) is 4.72 Å². The van der Waals surface area contributed by atoms with Gasteiger partial charge in [0.2, 0.25) is 0 Å². The summed E-state index contributed by atoms with van der Waals surface area (Å²) in [5.74, 6) is 1.26. The van der Waals surface area contributed by atoms with Crippen LogP contribution < -0.4 is 14.2 Å². The maximum absolute atomic E-state index is 12.8. The number of hydrogen-bond acceptors (Lipinski definition) is 4. The third-order valence-electron chi connectivity index (χ3n) is 4.22. The number of benzene rings is 2. The summed E-state index contributed by atoms with van der Waals surface area (Å²) >= 11 is 0. The third kappa shape index (κ3) is 4.12. The average Bonchev–Trinajstić information content (AvgIpc) is 2.54. The van der Waals surface area contributed by atoms with Crippen LogP contribution >= 0.6 is 0 Å². The molecular weight excluding hydrogens is 350 g/mol. The Balaban J connectivity index is 1.88. The predicted molar refractivity (Wildman–Crippen MR) is 102 cm³/mol. The van der Waals surface area contributed by atoms with Crippen molar-refractivity contribution in [2.45, 2.75) is 57.1 Å². The molecular formula is C20H25NO4S. The number of ether oxygens (including phenoxy) is 2. The maximum Gasteiger partial charge on any atom is 0.262 e. The van der Waals surface area contributed by atoms with Crippen LogP contribution in [0.3, 0.4) is 0 Å². The molecule has 2 aromatic rings. The molecule has 0 saturated carbocycles. The van der Waals surface area contributed by atoms with E-state index in [1.54, 1.807) is 36.4 Å². The highest BCUT2D eigenvalue weighted by molar-refractivity contribution is 7.92. The molecule has 1 aliphatic heterocycles. The van der Waals surface area contributed by atoms with Crippen molar-refractivity contribution in [3.05, 3.63) is 48.0 Å². The van der Waals surface area contributed by atoms with Gasteiger partial charge in [-0.2, -0.15) is 0 Å². The van der Waals surface area contributed by atoms with E-state index < -0.39 is 10.0 Å². The molecule has 0 fully saturated rings. The lowest BCUT2D eigenvalue weighted by molar-refractivity contribution is 0.0845. The van der Waals surface area contributed by atoms with Gasteiger partial charge in [0.25, 0.3) is 10.0 Å². The molecule has 1 aliphatic rings. The zero-order valence-corrected chi connectivity index (χ0v) is 16.4. The molecule has 0 bridgehead atoms. The van der Waals surface area contributed by atoms with Crippen molar-refractivity contribution in [1.82, 2.24) is 0 Å². The molecule has 26 heavy (non-hydrogen) atoms. The van der Waals surface area contributed by atoms with E-state index in [0.717, 1.165) is 24.2 Å². The van der Waals surface area contributed by atoms with Crippen LogP contribution in [0.25, 0.3) is 0 Å². The van der Waals surface area contributed by atoms with E-state index in [9.17, 15) is 8.42 Å². The van der Waals surface area contributed by atoms with Gasteiger partial charge in [-0.15, -0.1) is 0 Å². The summed E-state index contributed by atoms with van der Waals surface area (Å²) < 4.78 is 40.0. The molecule has 0 radical (unpaired) electrons. The molecule has 0 unspecified atom stereocenters. The molecule has 0 amide bonds. The van der Waals surface area contributed by atoms with Crippen molar-refractivity contribution in [3.63, 3.8) is 0 Å². The van der Waals surface area contributed by atoms with Gasteiger partial charge in [0.05, 0.1) is 16.7 Å². The van der Waals surface area contributed by atoms with Gasteiger partial charge in [0, 0.05) is 0 Å². The Bertz CT molecular complexity index is 904. The number of sulfonamides is 1. The highest BCUT2D eigenvalue weighted by atomic mass is 32.2. The first-order chi connectivity index (χ1) is 12.2. The lowest BCUT2D eigenvalue weighted by Crippen LogP contribution is -2.32. The van der Waals surface area contributed by atoms with Crippen LogP contribution in [0.1, 0.15) is 39.7 Å². The summed E-state index contributed by atoms with van der Waals surface area (Å²) in [7, 11) is -3.72. The minimum Gasteiger partial charge on any atom is -0.489 e. The van der Waals surface area contributed by atoms with Crippen molar-refractivity contribution in [2.24, 2.45) is 0 Å². The highest BCUT2D eigenvalue weighted by Crippen LogP contribution is 2.35. The molecule has 0 atom stereocenters. The summed E-state index contributed by atoms with van der Waals surface area (Å²) in [6.07, 6.45) is 1.59. The van der Waals surface area contributed by atoms with Crippen LogP contribution in [-0.4, -0.2) is 20.1 Å². The summed E-state index contributed by atoms with van der Waals surface area (Å²) in [5, 5.41) is 0. The monoisotopic (exact) mass is 375 g/mol. The molecule has 0 aliphatic carbocycles. The van der Waals surface area contributed by atoms with Gasteiger partial charge in [-0.25, -0.2) is 8.42 Å². The first-order valence-electron chi connectivity index (χ1n) is 8.77. The first kappa shape index (κ1) is 18.6. The topological polar surface area (TPSA) is 64.6 Å². The normalized spacial score (nSPS) is 15.9. The van der Waals surface area contributed by atoms with Gasteiger partial charge in [0.1, 0.15) is 17.1 Å². The molecule has 3 rings (SSSR count). The van der Waals surface area contributed by atoms with Crippen LogP contribution in [0.2, 0.25) is 0 Å². The Morgan fingerprint density at radius 1 is 1.15 bits per heavy atom. The van der Waals surface area contributed by atoms with Crippen LogP contribution in [-0.2, 0) is 16.4 Å². The Labute approximate surface area is 155 Å². The summed E-state index contributed by atoms with van der Waals surface area (Å²) in [5.41, 5.74) is 1.12. The lowest BCUT2D eigenvalue weighted by atomic mass is 9.94. The van der Waals surface area contributed by atoms with E-state index in [4.69, 9.17) is 9.47 Å². The van der Waals surface area contributed by atoms with E-state index in [0.29, 0.717) is 11.4 Å². The van der Waals surface area contributed by atoms with E-state index in [2.05, 4.69) is 4.72 Å². The Morgan fingerprint density at radius 3 is 2.62 bits per heavy atom. The third-order valence-corrected chi connectivity index (χ3v) is 5.58. The number of anilines is 1. The van der Waals surface area contributed by atoms with Gasteiger partial charge in [-0.1, -0.05) is 12.1 Å². The van der Waals surface area contributed by atoms with E-state index in [1.807, 2.05) is 33.8 Å². The second-order valence-corrected chi connectivity index (χ2v) is 9.08. The quantitative estimate of drug-likeness (QED) is 0.842. The second kappa shape index (κ2) is 6.83. The molecule has 0 aromatic heterocycles. The maximum atomic E-state index is 12.8. The molecule has 0 spiro atoms. The summed E-state index contributed by atoms with van der Waals surface area (Å²) in [4.78, 5) is 0.221. The number of nitrogens with one attached hydrogen (secondary N) is 1. The molecule has 6 heteroatoms. The molecule has 0 saturated heterocycles. The number of rotatable bonds is 5. The Kier molecular flexibility index (Phi) is 4.88. The predicted octanol–water partition coefficient (Wildman–Crippen LogP) is 4.38. The van der Waals surface area contributed by atoms with Crippen LogP contribution in [0.15, 0.2) is 47.4 Å². The first-order valence-corrected chi connectivity index (χ1v) is 10.3. The lowest BCUT2D eigenvalue weighted by Gasteiger charge is -2.32. The summed E-state index contributed by atoms with van der Waals surface area (Å²) in [6, 6.07) is 12.0. The fourth-order valence-corrected chi connectivity index (χ4v) is 4.03. The average molecular weight is 375 g/mol. The van der Waals surface area contributed by atoms with Gasteiger partial charge < -0.3 is 9.47 Å². The smallest absolute Gasteiger partial charge is 0.262 e. The van der Waals surface area contributed by atoms with Gasteiger partial charge in [0.15, 0.2) is 0 Å². The van der Waals surface area contributed by atoms with Crippen LogP contribution in [0.5, 0.6) is 11.5 Å². The van der Waals surface area contributed by atoms with Crippen LogP contribution in [0, 0.1) is 0 Å². The SMILES string of the molecule is CC(C)Oc1ccccc1NS(=O)(=O)c1ccc2c(c1)CCC(C)(C)O2. The standard InChI is InChI=1S/C20H25NO4S/c1-14(2)24-19-8-6-5-7-17(19)21-26(22,23)16-9-10-18-15(13-16)11-12-20(3,4)25-18/h5-10,13-14,21H,11-12H2,1-4H3.